The van der Waals surface area contributed by atoms with Crippen LogP contribution in [0.5, 0.6) is 0 Å². The molecule has 0 spiro atoms. The second-order valence-corrected chi connectivity index (χ2v) is 15.4. The van der Waals surface area contributed by atoms with Gasteiger partial charge in [0, 0.05) is 0 Å². The summed E-state index contributed by atoms with van der Waals surface area (Å²) in [6.07, 6.45) is 22.2. The first-order chi connectivity index (χ1) is 13.6. The first-order valence-corrected chi connectivity index (χ1v) is 15.4. The third-order valence-corrected chi connectivity index (χ3v) is 13.6. The molecule has 1 heteroatoms. The second-order valence-electron chi connectivity index (χ2n) is 9.25. The molecule has 28 heavy (non-hydrogen) atoms. The molecule has 0 aromatic heterocycles. The predicted octanol–water partition coefficient (Wildman–Crippen LogP) is 9.62. The van der Waals surface area contributed by atoms with Crippen molar-refractivity contribution in [1.29, 1.82) is 0 Å². The van der Waals surface area contributed by atoms with Crippen molar-refractivity contribution < 1.29 is 0 Å². The van der Waals surface area contributed by atoms with Crippen molar-refractivity contribution in [2.45, 2.75) is 104 Å². The Labute approximate surface area is 177 Å². The van der Waals surface area contributed by atoms with E-state index in [0.717, 1.165) is 0 Å². The van der Waals surface area contributed by atoms with Crippen LogP contribution in [0, 0.1) is 0 Å². The van der Waals surface area contributed by atoms with Gasteiger partial charge in [-0.2, -0.15) is 0 Å². The molecule has 0 nitrogen and oxygen atoms in total. The van der Waals surface area contributed by atoms with Gasteiger partial charge in [-0.15, -0.1) is 0 Å². The zero-order valence-corrected chi connectivity index (χ0v) is 20.3. The van der Waals surface area contributed by atoms with Gasteiger partial charge < -0.3 is 0 Å². The Hall–Kier alpha value is -0.610. The van der Waals surface area contributed by atoms with Crippen LogP contribution >= 0.6 is 6.60 Å². The number of unbranched alkanes of at least 4 members (excludes halogenated alkanes) is 9. The van der Waals surface area contributed by atoms with Crippen molar-refractivity contribution in [3.63, 3.8) is 0 Å². The Balaban J connectivity index is 3.08. The molecule has 1 aromatic carbocycles. The van der Waals surface area contributed by atoms with Crippen LogP contribution in [0.25, 0.3) is 0 Å². The van der Waals surface area contributed by atoms with Gasteiger partial charge in [-0.1, -0.05) is 0 Å². The fourth-order valence-electron chi connectivity index (χ4n) is 4.88. The normalized spacial score (nSPS) is 13.2. The third-order valence-electron chi connectivity index (χ3n) is 6.81. The Morgan fingerprint density at radius 1 is 0.643 bits per heavy atom. The van der Waals surface area contributed by atoms with Crippen LogP contribution in [0.1, 0.15) is 103 Å². The molecule has 162 valence electrons. The second kappa shape index (κ2) is 14.4. The van der Waals surface area contributed by atoms with Crippen LogP contribution in [0.4, 0.5) is 0 Å². The molecule has 0 aliphatic carbocycles. The predicted molar refractivity (Wildman–Crippen MR) is 134 cm³/mol. The molecule has 0 saturated carbocycles. The Morgan fingerprint density at radius 3 is 1.43 bits per heavy atom. The SMILES string of the molecule is C=CP(CCCCCC)(CCCCCC)(CCCCCC)Cc1ccccc1. The molecule has 0 radical (unpaired) electrons. The zero-order valence-electron chi connectivity index (χ0n) is 19.4. The van der Waals surface area contributed by atoms with E-state index in [-0.39, 0.29) is 0 Å². The van der Waals surface area contributed by atoms with E-state index in [1.807, 2.05) is 0 Å². The maximum atomic E-state index is 4.56. The van der Waals surface area contributed by atoms with E-state index in [4.69, 9.17) is 0 Å². The van der Waals surface area contributed by atoms with Crippen LogP contribution in [0.15, 0.2) is 42.7 Å². The van der Waals surface area contributed by atoms with Gasteiger partial charge in [0.2, 0.25) is 0 Å². The van der Waals surface area contributed by atoms with Gasteiger partial charge in [0.1, 0.15) is 0 Å². The monoisotopic (exact) mass is 404 g/mol. The first kappa shape index (κ1) is 25.4. The van der Waals surface area contributed by atoms with Crippen molar-refractivity contribution in [1.82, 2.24) is 0 Å². The van der Waals surface area contributed by atoms with Crippen molar-refractivity contribution in [3.8, 4) is 0 Å². The van der Waals surface area contributed by atoms with Crippen molar-refractivity contribution in [3.05, 3.63) is 48.3 Å². The topological polar surface area (TPSA) is 0 Å². The fourth-order valence-corrected chi connectivity index (χ4v) is 11.1. The van der Waals surface area contributed by atoms with Gasteiger partial charge in [-0.25, -0.2) is 0 Å². The average Bonchev–Trinajstić information content (AvgIpc) is 2.73. The van der Waals surface area contributed by atoms with Crippen LogP contribution in [-0.2, 0) is 6.16 Å². The van der Waals surface area contributed by atoms with E-state index in [1.54, 1.807) is 5.56 Å². The van der Waals surface area contributed by atoms with E-state index in [2.05, 4.69) is 63.5 Å². The van der Waals surface area contributed by atoms with Gasteiger partial charge in [-0.3, -0.25) is 0 Å². The van der Waals surface area contributed by atoms with Gasteiger partial charge in [0.05, 0.1) is 0 Å². The summed E-state index contributed by atoms with van der Waals surface area (Å²) in [5, 5.41) is 0. The molecule has 0 saturated heterocycles. The van der Waals surface area contributed by atoms with E-state index >= 15 is 0 Å². The zero-order chi connectivity index (χ0) is 20.6. The van der Waals surface area contributed by atoms with E-state index < -0.39 is 6.60 Å². The third kappa shape index (κ3) is 8.82. The van der Waals surface area contributed by atoms with Gasteiger partial charge in [0.15, 0.2) is 0 Å². The molecule has 0 bridgehead atoms. The number of hydrogen-bond acceptors (Lipinski definition) is 0. The summed E-state index contributed by atoms with van der Waals surface area (Å²) >= 11 is 0. The first-order valence-electron chi connectivity index (χ1n) is 12.3. The summed E-state index contributed by atoms with van der Waals surface area (Å²) in [5.74, 6) is 2.56. The van der Waals surface area contributed by atoms with Crippen LogP contribution in [0.3, 0.4) is 0 Å². The molecular formula is C27H49P. The molecule has 0 aliphatic rings. The van der Waals surface area contributed by atoms with E-state index in [9.17, 15) is 0 Å². The van der Waals surface area contributed by atoms with E-state index in [1.165, 1.54) is 102 Å². The van der Waals surface area contributed by atoms with Gasteiger partial charge >= 0.3 is 177 Å². The minimum absolute atomic E-state index is 1.31. The molecule has 1 aromatic rings. The van der Waals surface area contributed by atoms with Crippen LogP contribution < -0.4 is 0 Å². The molecule has 0 amide bonds. The summed E-state index contributed by atoms with van der Waals surface area (Å²) in [5.41, 5.74) is 1.56. The maximum absolute atomic E-state index is 4.56. The Morgan fingerprint density at radius 2 is 1.07 bits per heavy atom. The Bertz CT molecular complexity index is 470. The molecule has 0 aliphatic heterocycles. The summed E-state index contributed by atoms with van der Waals surface area (Å²) < 4.78 is 0. The number of benzene rings is 1. The summed E-state index contributed by atoms with van der Waals surface area (Å²) in [7, 11) is 0. The average molecular weight is 405 g/mol. The summed E-state index contributed by atoms with van der Waals surface area (Å²) in [6, 6.07) is 11.4. The molecule has 0 atom stereocenters. The summed E-state index contributed by atoms with van der Waals surface area (Å²) in [6.45, 7) is 9.59. The molecule has 0 N–H and O–H groups in total. The van der Waals surface area contributed by atoms with E-state index in [0.29, 0.717) is 0 Å². The molecule has 1 rings (SSSR count). The van der Waals surface area contributed by atoms with Crippen molar-refractivity contribution in [2.24, 2.45) is 0 Å². The number of hydrogen-bond donors (Lipinski definition) is 0. The molecular weight excluding hydrogens is 355 g/mol. The standard InChI is InChI=1S/C27H49P/c1-5-9-12-18-23-28(8-4,24-19-13-10-6-2,25-20-14-11-7-3)26-27-21-16-15-17-22-27/h8,15-17,21-22H,4-7,9-14,18-20,23-26H2,1-3H3. The molecule has 0 heterocycles. The van der Waals surface area contributed by atoms with Crippen LogP contribution in [0.2, 0.25) is 0 Å². The van der Waals surface area contributed by atoms with Crippen molar-refractivity contribution >= 4 is 6.60 Å². The number of rotatable bonds is 18. The molecule has 0 unspecified atom stereocenters. The quantitative estimate of drug-likeness (QED) is 0.169. The van der Waals surface area contributed by atoms with Gasteiger partial charge in [-0.05, 0) is 0 Å². The fraction of sp³-hybridized carbons (Fsp3) is 0.704. The minimum atomic E-state index is -1.94. The van der Waals surface area contributed by atoms with Crippen LogP contribution in [-0.4, -0.2) is 18.5 Å². The Kier molecular flexibility index (Phi) is 13.1. The van der Waals surface area contributed by atoms with Crippen molar-refractivity contribution in [2.75, 3.05) is 18.5 Å². The van der Waals surface area contributed by atoms with Gasteiger partial charge in [0.25, 0.3) is 0 Å². The summed E-state index contributed by atoms with van der Waals surface area (Å²) in [4.78, 5) is 0. The molecule has 0 fully saturated rings.